The quantitative estimate of drug-likeness (QED) is 0.0817. The highest BCUT2D eigenvalue weighted by molar-refractivity contribution is 14.1. The highest BCUT2D eigenvalue weighted by atomic mass is 127. The third-order valence-electron chi connectivity index (χ3n) is 6.45. The average molecular weight is 893 g/mol. The van der Waals surface area contributed by atoms with Gasteiger partial charge in [0.25, 0.3) is 5.91 Å². The number of esters is 1. The number of carbonyl (C=O) groups excluding carboxylic acids is 3. The molecule has 46 heavy (non-hydrogen) atoms. The number of methoxy groups -OCH3 is 1. The molecular weight excluding hydrogens is 865 g/mol. The number of ether oxygens (including phenoxy) is 4. The van der Waals surface area contributed by atoms with Crippen molar-refractivity contribution in [2.75, 3.05) is 20.3 Å². The first-order valence-corrected chi connectivity index (χ1v) is 16.6. The van der Waals surface area contributed by atoms with Gasteiger partial charge in [-0.25, -0.2) is 15.0 Å². The third-order valence-corrected chi connectivity index (χ3v) is 8.64. The number of amides is 3. The molecule has 3 aromatic rings. The van der Waals surface area contributed by atoms with E-state index in [0.717, 1.165) is 18.3 Å². The average Bonchev–Trinajstić information content (AvgIpc) is 3.00. The number of hydrogen-bond acceptors (Lipinski definition) is 8. The van der Waals surface area contributed by atoms with E-state index < -0.39 is 23.9 Å². The monoisotopic (exact) mass is 892 g/mol. The number of halogens is 4. The lowest BCUT2D eigenvalue weighted by molar-refractivity contribution is -0.139. The Morgan fingerprint density at radius 3 is 2.46 bits per heavy atom. The molecule has 1 atom stereocenters. The van der Waals surface area contributed by atoms with E-state index in [-0.39, 0.29) is 31.1 Å². The number of carbonyl (C=O) groups is 3. The summed E-state index contributed by atoms with van der Waals surface area (Å²) in [5.74, 6) is 0.228. The third kappa shape index (κ3) is 9.17. The molecule has 1 aliphatic rings. The lowest BCUT2D eigenvalue weighted by Crippen LogP contribution is -2.45. The molecule has 0 saturated heterocycles. The van der Waals surface area contributed by atoms with E-state index >= 15 is 0 Å². The summed E-state index contributed by atoms with van der Waals surface area (Å²) in [6, 6.07) is 12.6. The fraction of sp³-hybridized carbons (Fsp3) is 0.226. The van der Waals surface area contributed by atoms with E-state index in [1.807, 2.05) is 18.2 Å². The van der Waals surface area contributed by atoms with E-state index in [0.29, 0.717) is 32.8 Å². The maximum Gasteiger partial charge on any atom is 0.338 e. The number of nitrogens with one attached hydrogen (secondary N) is 3. The van der Waals surface area contributed by atoms with E-state index in [4.69, 9.17) is 42.1 Å². The first-order chi connectivity index (χ1) is 22.0. The molecule has 0 spiro atoms. The van der Waals surface area contributed by atoms with Crippen LogP contribution in [0.2, 0.25) is 10.0 Å². The lowest BCUT2D eigenvalue weighted by atomic mass is 9.95. The van der Waals surface area contributed by atoms with E-state index in [9.17, 15) is 14.4 Å². The van der Waals surface area contributed by atoms with Crippen molar-refractivity contribution in [1.82, 2.24) is 16.1 Å². The number of urea groups is 1. The van der Waals surface area contributed by atoms with Crippen LogP contribution >= 0.6 is 68.4 Å². The van der Waals surface area contributed by atoms with Gasteiger partial charge in [-0.1, -0.05) is 35.3 Å². The fourth-order valence-electron chi connectivity index (χ4n) is 4.34. The predicted molar refractivity (Wildman–Crippen MR) is 191 cm³/mol. The summed E-state index contributed by atoms with van der Waals surface area (Å²) < 4.78 is 24.0. The van der Waals surface area contributed by atoms with E-state index in [2.05, 4.69) is 66.3 Å². The van der Waals surface area contributed by atoms with Gasteiger partial charge < -0.3 is 29.6 Å². The first kappa shape index (κ1) is 35.6. The van der Waals surface area contributed by atoms with Crippen molar-refractivity contribution in [2.24, 2.45) is 5.10 Å². The minimum absolute atomic E-state index is 0.181. The Hall–Kier alpha value is -3.28. The van der Waals surface area contributed by atoms with Gasteiger partial charge in [-0.15, -0.1) is 0 Å². The van der Waals surface area contributed by atoms with Gasteiger partial charge >= 0.3 is 12.0 Å². The molecule has 11 nitrogen and oxygen atoms in total. The Morgan fingerprint density at radius 1 is 1.04 bits per heavy atom. The maximum absolute atomic E-state index is 12.6. The van der Waals surface area contributed by atoms with Crippen molar-refractivity contribution in [2.45, 2.75) is 26.5 Å². The number of nitrogens with zero attached hydrogens (tertiary/aromatic N) is 1. The van der Waals surface area contributed by atoms with Gasteiger partial charge in [-0.05, 0) is 107 Å². The molecule has 15 heteroatoms. The van der Waals surface area contributed by atoms with Crippen molar-refractivity contribution in [3.05, 3.63) is 93.7 Å². The topological polar surface area (TPSA) is 137 Å². The van der Waals surface area contributed by atoms with E-state index in [1.54, 1.807) is 44.2 Å². The summed E-state index contributed by atoms with van der Waals surface area (Å²) in [4.78, 5) is 37.3. The Kier molecular flexibility index (Phi) is 12.8. The van der Waals surface area contributed by atoms with Gasteiger partial charge in [0.05, 0.1) is 38.7 Å². The molecule has 1 aliphatic heterocycles. The summed E-state index contributed by atoms with van der Waals surface area (Å²) >= 11 is 16.6. The smallest absolute Gasteiger partial charge is 0.338 e. The van der Waals surface area contributed by atoms with Crippen molar-refractivity contribution in [3.8, 4) is 17.2 Å². The van der Waals surface area contributed by atoms with Crippen LogP contribution in [-0.2, 0) is 20.9 Å². The number of allylic oxidation sites excluding steroid dienone is 1. The number of rotatable bonds is 12. The number of hydrogen-bond donors (Lipinski definition) is 3. The van der Waals surface area contributed by atoms with Crippen LogP contribution in [0, 0.1) is 7.14 Å². The largest absolute Gasteiger partial charge is 0.493 e. The molecule has 0 saturated carbocycles. The Labute approximate surface area is 302 Å². The van der Waals surface area contributed by atoms with Crippen LogP contribution in [0.1, 0.15) is 36.6 Å². The highest BCUT2D eigenvalue weighted by Gasteiger charge is 2.32. The Balaban J connectivity index is 1.36. The molecule has 0 radical (unpaired) electrons. The normalized spacial score (nSPS) is 14.4. The van der Waals surface area contributed by atoms with Crippen LogP contribution in [-0.4, -0.2) is 44.4 Å². The van der Waals surface area contributed by atoms with Gasteiger partial charge in [-0.3, -0.25) is 4.79 Å². The maximum atomic E-state index is 12.6. The molecule has 0 bridgehead atoms. The van der Waals surface area contributed by atoms with Crippen molar-refractivity contribution >= 4 is 92.5 Å². The molecule has 0 fully saturated rings. The first-order valence-electron chi connectivity index (χ1n) is 13.6. The summed E-state index contributed by atoms with van der Waals surface area (Å²) in [5, 5.41) is 10.5. The zero-order valence-electron chi connectivity index (χ0n) is 24.7. The van der Waals surface area contributed by atoms with Crippen LogP contribution in [0.3, 0.4) is 0 Å². The lowest BCUT2D eigenvalue weighted by Gasteiger charge is -2.28. The fourth-order valence-corrected chi connectivity index (χ4v) is 6.93. The highest BCUT2D eigenvalue weighted by Crippen LogP contribution is 2.35. The van der Waals surface area contributed by atoms with Crippen molar-refractivity contribution in [1.29, 1.82) is 0 Å². The van der Waals surface area contributed by atoms with Gasteiger partial charge in [0, 0.05) is 21.3 Å². The second-order valence-electron chi connectivity index (χ2n) is 9.62. The van der Waals surface area contributed by atoms with Gasteiger partial charge in [-0.2, -0.15) is 5.10 Å². The molecule has 0 aromatic heterocycles. The number of hydrazone groups is 1. The second-order valence-corrected chi connectivity index (χ2v) is 12.8. The molecular formula is C31H28Cl2I2N4O7. The minimum Gasteiger partial charge on any atom is -0.493 e. The Bertz CT molecular complexity index is 1700. The van der Waals surface area contributed by atoms with Crippen LogP contribution in [0.4, 0.5) is 4.79 Å². The van der Waals surface area contributed by atoms with Crippen molar-refractivity contribution < 1.29 is 33.3 Å². The zero-order chi connectivity index (χ0) is 33.4. The van der Waals surface area contributed by atoms with Gasteiger partial charge in [0.2, 0.25) is 0 Å². The molecule has 0 unspecified atom stereocenters. The minimum atomic E-state index is -0.776. The van der Waals surface area contributed by atoms with Crippen molar-refractivity contribution in [3.63, 3.8) is 0 Å². The van der Waals surface area contributed by atoms with Crippen LogP contribution in [0.5, 0.6) is 17.2 Å². The van der Waals surface area contributed by atoms with E-state index in [1.165, 1.54) is 13.3 Å². The molecule has 0 aliphatic carbocycles. The molecule has 4 rings (SSSR count). The second kappa shape index (κ2) is 16.5. The molecule has 3 amide bonds. The summed E-state index contributed by atoms with van der Waals surface area (Å²) in [6.07, 6.45) is 1.52. The molecule has 1 heterocycles. The molecule has 3 aromatic carbocycles. The molecule has 242 valence electrons. The Morgan fingerprint density at radius 2 is 1.78 bits per heavy atom. The number of benzene rings is 3. The summed E-state index contributed by atoms with van der Waals surface area (Å²) in [6.45, 7) is 3.43. The zero-order valence-corrected chi connectivity index (χ0v) is 30.5. The molecule has 3 N–H and O–H groups in total. The SMILES string of the molecule is CCOC(=O)C1=C(C)NC(=O)N[C@H]1c1ccc(OCC(=O)N/N=C\c2cc(I)c(OCc3ccc(Cl)cc3Cl)c(I)c2)c(OC)c1. The predicted octanol–water partition coefficient (Wildman–Crippen LogP) is 6.51. The van der Waals surface area contributed by atoms with Crippen LogP contribution in [0.15, 0.2) is 64.9 Å². The van der Waals surface area contributed by atoms with Crippen LogP contribution < -0.4 is 30.3 Å². The standard InChI is InChI=1S/C31H28Cl2I2N4O7/c1-4-44-30(41)27-16(2)37-31(42)38-28(27)18-6-8-24(25(11-18)43-3)45-15-26(40)39-36-13-17-9-22(34)29(23(35)10-17)46-14-19-5-7-20(32)12-21(19)33/h5-13,28H,4,14-15H2,1-3H3,(H,39,40)(H2,37,38,42)/b36-13-/t28-/m0/s1. The van der Waals surface area contributed by atoms with Gasteiger partial charge in [0.15, 0.2) is 18.1 Å². The summed E-state index contributed by atoms with van der Waals surface area (Å²) in [7, 11) is 1.44. The van der Waals surface area contributed by atoms with Crippen LogP contribution in [0.25, 0.3) is 0 Å². The van der Waals surface area contributed by atoms with Gasteiger partial charge in [0.1, 0.15) is 12.4 Å². The summed E-state index contributed by atoms with van der Waals surface area (Å²) in [5.41, 5.74) is 5.22.